The van der Waals surface area contributed by atoms with Crippen molar-refractivity contribution in [2.24, 2.45) is 0 Å². The van der Waals surface area contributed by atoms with Crippen molar-refractivity contribution in [2.45, 2.75) is 23.7 Å². The Labute approximate surface area is 132 Å². The number of ether oxygens (including phenoxy) is 2. The van der Waals surface area contributed by atoms with Crippen LogP contribution in [0, 0.1) is 0 Å². The van der Waals surface area contributed by atoms with Crippen molar-refractivity contribution in [1.82, 2.24) is 5.16 Å². The second-order valence-corrected chi connectivity index (χ2v) is 6.48. The molecule has 2 aromatic rings. The van der Waals surface area contributed by atoms with Crippen LogP contribution in [0.25, 0.3) is 0 Å². The first-order chi connectivity index (χ1) is 10.8. The third-order valence-electron chi connectivity index (χ3n) is 3.91. The zero-order valence-corrected chi connectivity index (χ0v) is 12.9. The maximum atomic E-state index is 12.9. The van der Waals surface area contributed by atoms with E-state index in [1.807, 2.05) is 0 Å². The van der Waals surface area contributed by atoms with Crippen LogP contribution in [0.4, 0.5) is 0 Å². The molecule has 0 saturated heterocycles. The summed E-state index contributed by atoms with van der Waals surface area (Å²) in [5.41, 5.74) is 1.20. The van der Waals surface area contributed by atoms with Crippen LogP contribution in [0.15, 0.2) is 27.7 Å². The van der Waals surface area contributed by atoms with Gasteiger partial charge >= 0.3 is 0 Å². The van der Waals surface area contributed by atoms with E-state index in [1.165, 1.54) is 6.20 Å². The number of ketones is 1. The lowest BCUT2D eigenvalue weighted by molar-refractivity contribution is 0.103. The number of rotatable bonds is 4. The smallest absolute Gasteiger partial charge is 0.199 e. The number of fused-ring (bicyclic) bond motifs is 1. The first-order valence-electron chi connectivity index (χ1n) is 7.25. The average Bonchev–Trinajstić information content (AvgIpc) is 3.30. The summed E-state index contributed by atoms with van der Waals surface area (Å²) in [6.07, 6.45) is 3.66. The molecule has 1 fully saturated rings. The number of nitrogens with zero attached hydrogens (tertiary/aromatic N) is 1. The molecule has 5 nitrogen and oxygen atoms in total. The van der Waals surface area contributed by atoms with Crippen molar-refractivity contribution in [2.75, 3.05) is 19.5 Å². The first kappa shape index (κ1) is 13.7. The molecule has 0 bridgehead atoms. The van der Waals surface area contributed by atoms with E-state index in [-0.39, 0.29) is 5.78 Å². The number of hydrogen-bond acceptors (Lipinski definition) is 6. The molecule has 1 aliphatic heterocycles. The Hall–Kier alpha value is -1.95. The van der Waals surface area contributed by atoms with E-state index in [0.29, 0.717) is 35.2 Å². The van der Waals surface area contributed by atoms with Gasteiger partial charge in [-0.25, -0.2) is 0 Å². The molecule has 114 valence electrons. The van der Waals surface area contributed by atoms with Crippen LogP contribution >= 0.6 is 11.8 Å². The predicted molar refractivity (Wildman–Crippen MR) is 81.1 cm³/mol. The molecule has 0 amide bonds. The SMILES string of the molecule is COc1ccc(C(=O)c2cnoc2C2CC2)c2c1OCCS2. The van der Waals surface area contributed by atoms with Crippen LogP contribution in [-0.4, -0.2) is 30.4 Å². The Morgan fingerprint density at radius 1 is 1.36 bits per heavy atom. The van der Waals surface area contributed by atoms with Crippen molar-refractivity contribution in [3.8, 4) is 11.5 Å². The summed E-state index contributed by atoms with van der Waals surface area (Å²) in [6.45, 7) is 0.617. The van der Waals surface area contributed by atoms with E-state index >= 15 is 0 Å². The van der Waals surface area contributed by atoms with Crippen molar-refractivity contribution in [3.05, 3.63) is 35.2 Å². The lowest BCUT2D eigenvalue weighted by Gasteiger charge is -2.21. The molecule has 1 saturated carbocycles. The van der Waals surface area contributed by atoms with Crippen LogP contribution in [0.1, 0.15) is 40.4 Å². The second-order valence-electron chi connectivity index (χ2n) is 5.38. The Kier molecular flexibility index (Phi) is 3.33. The van der Waals surface area contributed by atoms with Gasteiger partial charge in [-0.2, -0.15) is 0 Å². The maximum absolute atomic E-state index is 12.9. The van der Waals surface area contributed by atoms with Crippen molar-refractivity contribution in [3.63, 3.8) is 0 Å². The summed E-state index contributed by atoms with van der Waals surface area (Å²) in [4.78, 5) is 13.8. The fraction of sp³-hybridized carbons (Fsp3) is 0.375. The third kappa shape index (κ3) is 2.18. The topological polar surface area (TPSA) is 61.6 Å². The highest BCUT2D eigenvalue weighted by Crippen LogP contribution is 2.45. The van der Waals surface area contributed by atoms with Gasteiger partial charge in [-0.05, 0) is 25.0 Å². The molecule has 4 rings (SSSR count). The lowest BCUT2D eigenvalue weighted by atomic mass is 10.0. The van der Waals surface area contributed by atoms with Gasteiger partial charge in [0.05, 0.1) is 30.4 Å². The third-order valence-corrected chi connectivity index (χ3v) is 4.97. The van der Waals surface area contributed by atoms with Gasteiger partial charge in [-0.1, -0.05) is 5.16 Å². The second kappa shape index (κ2) is 5.35. The minimum Gasteiger partial charge on any atom is -0.493 e. The highest BCUT2D eigenvalue weighted by molar-refractivity contribution is 7.99. The van der Waals surface area contributed by atoms with Gasteiger partial charge in [-0.15, -0.1) is 11.8 Å². The highest BCUT2D eigenvalue weighted by Gasteiger charge is 2.34. The molecule has 0 radical (unpaired) electrons. The quantitative estimate of drug-likeness (QED) is 0.807. The Morgan fingerprint density at radius 3 is 3.00 bits per heavy atom. The number of hydrogen-bond donors (Lipinski definition) is 0. The standard InChI is InChI=1S/C16H15NO4S/c1-19-12-5-4-10(16-15(12)20-6-7-22-16)13(18)11-8-17-21-14(11)9-2-3-9/h4-5,8-9H,2-3,6-7H2,1H3. The van der Waals surface area contributed by atoms with Gasteiger partial charge in [0.1, 0.15) is 0 Å². The summed E-state index contributed by atoms with van der Waals surface area (Å²) in [7, 11) is 1.60. The Bertz CT molecular complexity index is 736. The highest BCUT2D eigenvalue weighted by atomic mass is 32.2. The molecule has 1 aromatic carbocycles. The summed E-state index contributed by atoms with van der Waals surface area (Å²) in [5.74, 6) is 3.15. The monoisotopic (exact) mass is 317 g/mol. The number of carbonyl (C=O) groups is 1. The minimum absolute atomic E-state index is 0.0555. The predicted octanol–water partition coefficient (Wildman–Crippen LogP) is 3.28. The van der Waals surface area contributed by atoms with Gasteiger partial charge in [0, 0.05) is 17.2 Å². The molecule has 0 unspecified atom stereocenters. The fourth-order valence-electron chi connectivity index (χ4n) is 2.66. The maximum Gasteiger partial charge on any atom is 0.199 e. The number of methoxy groups -OCH3 is 1. The molecule has 6 heteroatoms. The molecule has 1 aliphatic carbocycles. The molecular weight excluding hydrogens is 302 g/mol. The van der Waals surface area contributed by atoms with Crippen LogP contribution in [0.2, 0.25) is 0 Å². The van der Waals surface area contributed by atoms with Gasteiger partial charge in [-0.3, -0.25) is 4.79 Å². The van der Waals surface area contributed by atoms with E-state index in [0.717, 1.165) is 29.3 Å². The number of carbonyl (C=O) groups excluding carboxylic acids is 1. The number of benzene rings is 1. The van der Waals surface area contributed by atoms with Crippen LogP contribution < -0.4 is 9.47 Å². The molecule has 0 spiro atoms. The van der Waals surface area contributed by atoms with Crippen molar-refractivity contribution >= 4 is 17.5 Å². The van der Waals surface area contributed by atoms with Crippen molar-refractivity contribution in [1.29, 1.82) is 0 Å². The van der Waals surface area contributed by atoms with Crippen LogP contribution in [0.5, 0.6) is 11.5 Å². The normalized spacial score (nSPS) is 16.8. The van der Waals surface area contributed by atoms with E-state index < -0.39 is 0 Å². The van der Waals surface area contributed by atoms with E-state index in [2.05, 4.69) is 5.16 Å². The number of thioether (sulfide) groups is 1. The van der Waals surface area contributed by atoms with Crippen LogP contribution in [-0.2, 0) is 0 Å². The number of aromatic nitrogens is 1. The summed E-state index contributed by atoms with van der Waals surface area (Å²) in [6, 6.07) is 3.58. The van der Waals surface area contributed by atoms with E-state index in [4.69, 9.17) is 14.0 Å². The molecule has 1 aromatic heterocycles. The van der Waals surface area contributed by atoms with E-state index in [9.17, 15) is 4.79 Å². The summed E-state index contributed by atoms with van der Waals surface area (Å²) in [5, 5.41) is 3.82. The fourth-order valence-corrected chi connectivity index (χ4v) is 3.63. The van der Waals surface area contributed by atoms with Crippen LogP contribution in [0.3, 0.4) is 0 Å². The largest absolute Gasteiger partial charge is 0.493 e. The van der Waals surface area contributed by atoms with Gasteiger partial charge in [0.25, 0.3) is 0 Å². The molecule has 22 heavy (non-hydrogen) atoms. The molecule has 2 aliphatic rings. The molecule has 2 heterocycles. The lowest BCUT2D eigenvalue weighted by Crippen LogP contribution is -2.12. The minimum atomic E-state index is -0.0555. The van der Waals surface area contributed by atoms with Gasteiger partial charge in [0.2, 0.25) is 0 Å². The molecule has 0 atom stereocenters. The van der Waals surface area contributed by atoms with Crippen molar-refractivity contribution < 1.29 is 18.8 Å². The van der Waals surface area contributed by atoms with E-state index in [1.54, 1.807) is 31.0 Å². The average molecular weight is 317 g/mol. The molecular formula is C16H15NO4S. The van der Waals surface area contributed by atoms with Gasteiger partial charge in [0.15, 0.2) is 23.0 Å². The zero-order chi connectivity index (χ0) is 15.1. The summed E-state index contributed by atoms with van der Waals surface area (Å²) >= 11 is 1.62. The Balaban J connectivity index is 1.78. The Morgan fingerprint density at radius 2 is 2.23 bits per heavy atom. The summed E-state index contributed by atoms with van der Waals surface area (Å²) < 4.78 is 16.3. The zero-order valence-electron chi connectivity index (χ0n) is 12.1. The molecule has 0 N–H and O–H groups in total. The first-order valence-corrected chi connectivity index (χ1v) is 8.24. The van der Waals surface area contributed by atoms with Gasteiger partial charge < -0.3 is 14.0 Å².